The highest BCUT2D eigenvalue weighted by Gasteiger charge is 2.64. The number of hydrogen-bond donors (Lipinski definition) is 0. The number of nitrogens with zero attached hydrogens (tertiary/aromatic N) is 1. The summed E-state index contributed by atoms with van der Waals surface area (Å²) in [4.78, 5) is 0. The van der Waals surface area contributed by atoms with Crippen molar-refractivity contribution in [3.63, 3.8) is 0 Å². The topological polar surface area (TPSA) is 3.88 Å². The van der Waals surface area contributed by atoms with Gasteiger partial charge in [0.25, 0.3) is 0 Å². The summed E-state index contributed by atoms with van der Waals surface area (Å²) in [7, 11) is 0. The Balaban J connectivity index is 1.80. The third kappa shape index (κ3) is 2.37. The number of hydrogen-bond acceptors (Lipinski definition) is 0. The maximum atomic E-state index is 2.61. The molecule has 2 atom stereocenters. The van der Waals surface area contributed by atoms with E-state index in [1.165, 1.54) is 58.8 Å². The molecule has 0 bridgehead atoms. The van der Waals surface area contributed by atoms with Gasteiger partial charge in [0.1, 0.15) is 0 Å². The maximum Gasteiger partial charge on any atom is 0.221 e. The molecule has 1 nitrogen and oxygen atoms in total. The Labute approximate surface area is 175 Å². The van der Waals surface area contributed by atoms with Gasteiger partial charge in [-0.25, -0.2) is 0 Å². The standard InChI is InChI=1S/C28H32N/c1-4-7-8-11-21-14-15-25-24(20-21)26-23-13-10-9-12-22(23)16-19-29(26)28(6-3)18-17-27(25,28)5-2/h9-10,12-20H,4-8,11H2,1-3H3/q+1. The van der Waals surface area contributed by atoms with Crippen molar-refractivity contribution < 1.29 is 4.57 Å². The van der Waals surface area contributed by atoms with Crippen LogP contribution < -0.4 is 4.57 Å². The summed E-state index contributed by atoms with van der Waals surface area (Å²) in [5.74, 6) is 0. The molecule has 1 aliphatic carbocycles. The van der Waals surface area contributed by atoms with Crippen molar-refractivity contribution in [2.24, 2.45) is 0 Å². The molecule has 0 spiro atoms. The summed E-state index contributed by atoms with van der Waals surface area (Å²) in [5, 5.41) is 2.71. The molecule has 29 heavy (non-hydrogen) atoms. The number of aromatic nitrogens is 1. The van der Waals surface area contributed by atoms with Crippen LogP contribution in [0.4, 0.5) is 0 Å². The largest absolute Gasteiger partial charge is 0.221 e. The second kappa shape index (κ2) is 6.83. The third-order valence-electron chi connectivity index (χ3n) is 7.69. The fourth-order valence-corrected chi connectivity index (χ4v) is 6.05. The van der Waals surface area contributed by atoms with Crippen molar-refractivity contribution >= 4 is 10.8 Å². The molecule has 0 radical (unpaired) electrons. The lowest BCUT2D eigenvalue weighted by atomic mass is 9.52. The highest BCUT2D eigenvalue weighted by atomic mass is 15.1. The molecule has 0 saturated carbocycles. The molecule has 5 rings (SSSR count). The van der Waals surface area contributed by atoms with Crippen LogP contribution in [-0.2, 0) is 17.4 Å². The molecule has 148 valence electrons. The SMILES string of the molecule is CCCCCc1ccc2c(c1)-c1c3ccccc3cc[n+]1C1(CC)C=CC21CC. The minimum absolute atomic E-state index is 0.0534. The first-order valence-corrected chi connectivity index (χ1v) is 11.5. The van der Waals surface area contributed by atoms with Gasteiger partial charge < -0.3 is 0 Å². The molecule has 0 N–H and O–H groups in total. The summed E-state index contributed by atoms with van der Waals surface area (Å²) in [5.41, 5.74) is 6.03. The van der Waals surface area contributed by atoms with E-state index in [1.54, 1.807) is 0 Å². The lowest BCUT2D eigenvalue weighted by Crippen LogP contribution is -2.72. The van der Waals surface area contributed by atoms with E-state index in [2.05, 4.69) is 92.2 Å². The van der Waals surface area contributed by atoms with E-state index in [-0.39, 0.29) is 11.0 Å². The van der Waals surface area contributed by atoms with Crippen LogP contribution in [0.25, 0.3) is 22.0 Å². The van der Waals surface area contributed by atoms with E-state index in [0.29, 0.717) is 0 Å². The Bertz CT molecular complexity index is 1110. The van der Waals surface area contributed by atoms with Crippen LogP contribution in [0.1, 0.15) is 64.0 Å². The number of rotatable bonds is 6. The zero-order valence-corrected chi connectivity index (χ0v) is 18.0. The number of unbranched alkanes of at least 4 members (excludes halogenated alkanes) is 2. The smallest absolute Gasteiger partial charge is 0.187 e. The zero-order chi connectivity index (χ0) is 20.1. The fourth-order valence-electron chi connectivity index (χ4n) is 6.05. The number of fused-ring (bicyclic) bond motifs is 8. The Morgan fingerprint density at radius 1 is 0.862 bits per heavy atom. The maximum absolute atomic E-state index is 2.61. The van der Waals surface area contributed by atoms with E-state index in [9.17, 15) is 0 Å². The molecule has 2 unspecified atom stereocenters. The van der Waals surface area contributed by atoms with E-state index in [4.69, 9.17) is 0 Å². The van der Waals surface area contributed by atoms with Gasteiger partial charge in [-0.05, 0) is 54.0 Å². The summed E-state index contributed by atoms with van der Waals surface area (Å²) >= 11 is 0. The Hall–Kier alpha value is -2.41. The lowest BCUT2D eigenvalue weighted by Gasteiger charge is -2.52. The predicted octanol–water partition coefficient (Wildman–Crippen LogP) is 6.86. The summed E-state index contributed by atoms with van der Waals surface area (Å²) in [6.07, 6.45) is 14.6. The molecule has 0 saturated heterocycles. The molecular weight excluding hydrogens is 350 g/mol. The minimum Gasteiger partial charge on any atom is -0.187 e. The highest BCUT2D eigenvalue weighted by molar-refractivity contribution is 5.94. The number of allylic oxidation sites excluding steroid dienone is 2. The lowest BCUT2D eigenvalue weighted by molar-refractivity contribution is -0.758. The predicted molar refractivity (Wildman–Crippen MR) is 122 cm³/mol. The number of pyridine rings is 1. The normalized spacial score (nSPS) is 24.0. The van der Waals surface area contributed by atoms with Gasteiger partial charge in [0.05, 0.1) is 16.4 Å². The average molecular weight is 383 g/mol. The Morgan fingerprint density at radius 3 is 2.45 bits per heavy atom. The van der Waals surface area contributed by atoms with Gasteiger partial charge >= 0.3 is 0 Å². The van der Waals surface area contributed by atoms with Crippen LogP contribution in [-0.4, -0.2) is 0 Å². The second-order valence-electron chi connectivity index (χ2n) is 8.89. The molecule has 1 aromatic heterocycles. The number of aryl methyl sites for hydroxylation is 1. The van der Waals surface area contributed by atoms with Crippen molar-refractivity contribution in [1.82, 2.24) is 0 Å². The van der Waals surface area contributed by atoms with E-state index >= 15 is 0 Å². The first-order chi connectivity index (χ1) is 14.2. The molecular formula is C28H32N+. The molecule has 2 aliphatic rings. The molecule has 2 heterocycles. The van der Waals surface area contributed by atoms with Gasteiger partial charge in [0.2, 0.25) is 5.69 Å². The summed E-state index contributed by atoms with van der Waals surface area (Å²) in [6, 6.07) is 18.6. The van der Waals surface area contributed by atoms with Crippen LogP contribution in [0.15, 0.2) is 66.9 Å². The fraction of sp³-hybridized carbons (Fsp3) is 0.393. The molecule has 2 aromatic carbocycles. The van der Waals surface area contributed by atoms with E-state index in [1.807, 2.05) is 0 Å². The van der Waals surface area contributed by atoms with Crippen molar-refractivity contribution in [2.45, 2.75) is 70.3 Å². The quantitative estimate of drug-likeness (QED) is 0.249. The van der Waals surface area contributed by atoms with Crippen LogP contribution in [0.2, 0.25) is 0 Å². The van der Waals surface area contributed by atoms with Crippen molar-refractivity contribution in [2.75, 3.05) is 0 Å². The average Bonchev–Trinajstić information content (AvgIpc) is 2.74. The van der Waals surface area contributed by atoms with Crippen molar-refractivity contribution in [3.05, 3.63) is 78.0 Å². The van der Waals surface area contributed by atoms with Crippen molar-refractivity contribution in [3.8, 4) is 11.3 Å². The summed E-state index contributed by atoms with van der Waals surface area (Å²) < 4.78 is 2.61. The van der Waals surface area contributed by atoms with Crippen LogP contribution in [0.5, 0.6) is 0 Å². The Kier molecular flexibility index (Phi) is 4.38. The van der Waals surface area contributed by atoms with Gasteiger partial charge in [-0.2, -0.15) is 4.57 Å². The van der Waals surface area contributed by atoms with Crippen LogP contribution in [0.3, 0.4) is 0 Å². The Morgan fingerprint density at radius 2 is 1.72 bits per heavy atom. The number of benzene rings is 2. The van der Waals surface area contributed by atoms with Crippen LogP contribution >= 0.6 is 0 Å². The zero-order valence-electron chi connectivity index (χ0n) is 18.0. The third-order valence-corrected chi connectivity index (χ3v) is 7.69. The van der Waals surface area contributed by atoms with Gasteiger partial charge in [0.15, 0.2) is 11.7 Å². The van der Waals surface area contributed by atoms with Crippen molar-refractivity contribution in [1.29, 1.82) is 0 Å². The van der Waals surface area contributed by atoms with Gasteiger partial charge in [-0.15, -0.1) is 0 Å². The molecule has 3 aromatic rings. The molecule has 1 aliphatic heterocycles. The molecule has 0 amide bonds. The van der Waals surface area contributed by atoms with Gasteiger partial charge in [-0.1, -0.05) is 70.0 Å². The first kappa shape index (κ1) is 18.6. The second-order valence-corrected chi connectivity index (χ2v) is 8.89. The van der Waals surface area contributed by atoms with E-state index < -0.39 is 0 Å². The highest BCUT2D eigenvalue weighted by Crippen LogP contribution is 2.57. The molecule has 1 heteroatoms. The first-order valence-electron chi connectivity index (χ1n) is 11.5. The van der Waals surface area contributed by atoms with Gasteiger partial charge in [-0.3, -0.25) is 0 Å². The monoisotopic (exact) mass is 382 g/mol. The van der Waals surface area contributed by atoms with E-state index in [0.717, 1.165) is 12.8 Å². The minimum atomic E-state index is 0.0534. The molecule has 0 fully saturated rings. The van der Waals surface area contributed by atoms with Crippen LogP contribution in [0, 0.1) is 0 Å². The summed E-state index contributed by atoms with van der Waals surface area (Å²) in [6.45, 7) is 6.99. The van der Waals surface area contributed by atoms with Gasteiger partial charge in [0, 0.05) is 12.5 Å².